The summed E-state index contributed by atoms with van der Waals surface area (Å²) in [6.07, 6.45) is 0. The van der Waals surface area contributed by atoms with Gasteiger partial charge in [0.25, 0.3) is 0 Å². The molecule has 5 nitrogen and oxygen atoms in total. The zero-order chi connectivity index (χ0) is 27.8. The summed E-state index contributed by atoms with van der Waals surface area (Å²) >= 11 is 0. The Kier molecular flexibility index (Phi) is 6.17. The van der Waals surface area contributed by atoms with E-state index in [1.807, 2.05) is 35.0 Å². The quantitative estimate of drug-likeness (QED) is 0.218. The Morgan fingerprint density at radius 3 is 1.83 bits per heavy atom. The van der Waals surface area contributed by atoms with Crippen molar-refractivity contribution in [3.8, 4) is 28.2 Å². The molecule has 5 aromatic carbocycles. The number of benzene rings is 5. The van der Waals surface area contributed by atoms with Crippen molar-refractivity contribution in [1.82, 2.24) is 14.8 Å². The second kappa shape index (κ2) is 10.3. The molecule has 0 unspecified atom stereocenters. The predicted molar refractivity (Wildman–Crippen MR) is 171 cm³/mol. The highest BCUT2D eigenvalue weighted by Crippen LogP contribution is 2.34. The maximum atomic E-state index is 5.06. The van der Waals surface area contributed by atoms with E-state index < -0.39 is 0 Å². The first-order valence-electron chi connectivity index (χ1n) is 13.7. The van der Waals surface area contributed by atoms with E-state index in [2.05, 4.69) is 127 Å². The molecular formula is C36H29N5. The van der Waals surface area contributed by atoms with E-state index in [-0.39, 0.29) is 0 Å². The number of hydrogen-bond acceptors (Lipinski definition) is 4. The Hall–Kier alpha value is -5.42. The van der Waals surface area contributed by atoms with Crippen LogP contribution in [0.25, 0.3) is 50.0 Å². The molecule has 0 fully saturated rings. The Labute approximate surface area is 239 Å². The van der Waals surface area contributed by atoms with Crippen molar-refractivity contribution in [3.05, 3.63) is 133 Å². The number of nitrogens with one attached hydrogen (secondary N) is 1. The molecule has 7 rings (SSSR count). The van der Waals surface area contributed by atoms with Crippen LogP contribution in [0.1, 0.15) is 0 Å². The van der Waals surface area contributed by atoms with Gasteiger partial charge in [-0.05, 0) is 54.6 Å². The first kappa shape index (κ1) is 24.6. The molecule has 0 spiro atoms. The highest BCUT2D eigenvalue weighted by atomic mass is 15.3. The van der Waals surface area contributed by atoms with Gasteiger partial charge in [0.15, 0.2) is 0 Å². The maximum Gasteiger partial charge on any atom is 0.0934 e. The molecule has 0 radical (unpaired) electrons. The summed E-state index contributed by atoms with van der Waals surface area (Å²) in [6, 6.07) is 46.1. The lowest BCUT2D eigenvalue weighted by Crippen LogP contribution is -2.08. The molecular weight excluding hydrogens is 502 g/mol. The largest absolute Gasteiger partial charge is 0.378 e. The molecule has 0 aliphatic heterocycles. The molecule has 7 aromatic rings. The van der Waals surface area contributed by atoms with E-state index in [0.717, 1.165) is 67.1 Å². The van der Waals surface area contributed by atoms with Crippen LogP contribution in [0.2, 0.25) is 0 Å². The average molecular weight is 532 g/mol. The first-order valence-corrected chi connectivity index (χ1v) is 13.7. The van der Waals surface area contributed by atoms with Gasteiger partial charge in [0.05, 0.1) is 33.8 Å². The minimum Gasteiger partial charge on any atom is -0.378 e. The van der Waals surface area contributed by atoms with Gasteiger partial charge in [-0.2, -0.15) is 5.10 Å². The lowest BCUT2D eigenvalue weighted by molar-refractivity contribution is 0.892. The van der Waals surface area contributed by atoms with Crippen molar-refractivity contribution in [2.24, 2.45) is 0 Å². The third kappa shape index (κ3) is 4.68. The number of rotatable bonds is 6. The third-order valence-electron chi connectivity index (χ3n) is 7.43. The zero-order valence-corrected chi connectivity index (χ0v) is 23.0. The van der Waals surface area contributed by atoms with Crippen LogP contribution < -0.4 is 10.2 Å². The predicted octanol–water partition coefficient (Wildman–Crippen LogP) is 8.72. The van der Waals surface area contributed by atoms with Crippen LogP contribution in [-0.2, 0) is 0 Å². The number of nitrogens with zero attached hydrogens (tertiary/aromatic N) is 4. The Morgan fingerprint density at radius 1 is 0.610 bits per heavy atom. The minimum atomic E-state index is 0.923. The normalized spacial score (nSPS) is 11.2. The summed E-state index contributed by atoms with van der Waals surface area (Å²) in [7, 11) is 4.11. The van der Waals surface area contributed by atoms with E-state index in [0.29, 0.717) is 0 Å². The smallest absolute Gasteiger partial charge is 0.0934 e. The van der Waals surface area contributed by atoms with Crippen molar-refractivity contribution in [2.45, 2.75) is 0 Å². The van der Waals surface area contributed by atoms with Crippen molar-refractivity contribution < 1.29 is 0 Å². The van der Waals surface area contributed by atoms with E-state index in [1.165, 1.54) is 0 Å². The van der Waals surface area contributed by atoms with Gasteiger partial charge in [-0.25, -0.2) is 9.67 Å². The van der Waals surface area contributed by atoms with Crippen molar-refractivity contribution >= 4 is 38.9 Å². The summed E-state index contributed by atoms with van der Waals surface area (Å²) < 4.78 is 2.03. The second-order valence-electron chi connectivity index (χ2n) is 10.3. The number of aromatic nitrogens is 3. The fraction of sp³-hybridized carbons (Fsp3) is 0.0556. The maximum absolute atomic E-state index is 5.06. The average Bonchev–Trinajstić information content (AvgIpc) is 3.47. The molecule has 0 aliphatic carbocycles. The number of pyridine rings is 1. The highest BCUT2D eigenvalue weighted by Gasteiger charge is 2.14. The Bertz CT molecular complexity index is 1920. The first-order chi connectivity index (χ1) is 20.1. The van der Waals surface area contributed by atoms with Crippen LogP contribution in [0, 0.1) is 0 Å². The van der Waals surface area contributed by atoms with Crippen molar-refractivity contribution in [2.75, 3.05) is 24.3 Å². The lowest BCUT2D eigenvalue weighted by Gasteiger charge is -2.13. The van der Waals surface area contributed by atoms with E-state index in [1.54, 1.807) is 0 Å². The van der Waals surface area contributed by atoms with E-state index in [9.17, 15) is 0 Å². The van der Waals surface area contributed by atoms with Gasteiger partial charge in [0.1, 0.15) is 0 Å². The van der Waals surface area contributed by atoms with Crippen molar-refractivity contribution in [3.63, 3.8) is 0 Å². The molecule has 41 heavy (non-hydrogen) atoms. The molecule has 1 N–H and O–H groups in total. The summed E-state index contributed by atoms with van der Waals surface area (Å²) in [5.41, 5.74) is 10.4. The SMILES string of the molecule is CN(C)c1ccc(-c2cc(-c3ccc(Nc4c5ccccc5nc5ccccc45)cc3)nn2-c2ccccc2)cc1. The van der Waals surface area contributed by atoms with Crippen molar-refractivity contribution in [1.29, 1.82) is 0 Å². The second-order valence-corrected chi connectivity index (χ2v) is 10.3. The number of anilines is 3. The third-order valence-corrected chi connectivity index (χ3v) is 7.43. The molecule has 2 heterocycles. The fourth-order valence-electron chi connectivity index (χ4n) is 5.27. The monoisotopic (exact) mass is 531 g/mol. The summed E-state index contributed by atoms with van der Waals surface area (Å²) in [4.78, 5) is 6.96. The fourth-order valence-corrected chi connectivity index (χ4v) is 5.27. The molecule has 0 saturated heterocycles. The Morgan fingerprint density at radius 2 is 1.20 bits per heavy atom. The molecule has 0 aliphatic rings. The van der Waals surface area contributed by atoms with Crippen LogP contribution in [0.5, 0.6) is 0 Å². The minimum absolute atomic E-state index is 0.923. The molecule has 0 bridgehead atoms. The molecule has 198 valence electrons. The summed E-state index contributed by atoms with van der Waals surface area (Å²) in [6.45, 7) is 0. The van der Waals surface area contributed by atoms with Gasteiger partial charge in [-0.1, -0.05) is 78.9 Å². The summed E-state index contributed by atoms with van der Waals surface area (Å²) in [5, 5.41) is 10.9. The van der Waals surface area contributed by atoms with Gasteiger partial charge in [-0.3, -0.25) is 0 Å². The molecule has 0 saturated carbocycles. The van der Waals surface area contributed by atoms with Gasteiger partial charge in [0.2, 0.25) is 0 Å². The van der Waals surface area contributed by atoms with Crippen LogP contribution in [0.15, 0.2) is 133 Å². The standard InChI is InChI=1S/C36H29N5/c1-40(2)28-22-18-26(19-23-28)35-24-34(39-41(35)29-10-4-3-5-11-29)25-16-20-27(21-17-25)37-36-30-12-6-8-14-32(30)38-33-15-9-7-13-31(33)36/h3-24H,1-2H3,(H,37,38). The topological polar surface area (TPSA) is 46.0 Å². The van der Waals surface area contributed by atoms with Crippen LogP contribution in [0.4, 0.5) is 17.1 Å². The lowest BCUT2D eigenvalue weighted by atomic mass is 10.1. The number of fused-ring (bicyclic) bond motifs is 2. The van der Waals surface area contributed by atoms with Crippen LogP contribution >= 0.6 is 0 Å². The van der Waals surface area contributed by atoms with E-state index >= 15 is 0 Å². The van der Waals surface area contributed by atoms with Crippen LogP contribution in [-0.4, -0.2) is 28.9 Å². The number of hydrogen-bond donors (Lipinski definition) is 1. The van der Waals surface area contributed by atoms with Gasteiger partial charge in [0, 0.05) is 47.4 Å². The van der Waals surface area contributed by atoms with Gasteiger partial charge < -0.3 is 10.2 Å². The molecule has 0 amide bonds. The number of para-hydroxylation sites is 3. The van der Waals surface area contributed by atoms with Gasteiger partial charge >= 0.3 is 0 Å². The molecule has 2 aromatic heterocycles. The zero-order valence-electron chi connectivity index (χ0n) is 23.0. The van der Waals surface area contributed by atoms with Crippen LogP contribution in [0.3, 0.4) is 0 Å². The molecule has 0 atom stereocenters. The Balaban J connectivity index is 1.26. The summed E-state index contributed by atoms with van der Waals surface area (Å²) in [5.74, 6) is 0. The highest BCUT2D eigenvalue weighted by molar-refractivity contribution is 6.08. The van der Waals surface area contributed by atoms with E-state index in [4.69, 9.17) is 10.1 Å². The molecule has 5 heteroatoms. The van der Waals surface area contributed by atoms with Gasteiger partial charge in [-0.15, -0.1) is 0 Å².